The molecule has 1 aromatic rings. The molecule has 0 aromatic heterocycles. The van der Waals surface area contributed by atoms with Gasteiger partial charge < -0.3 is 10.1 Å². The van der Waals surface area contributed by atoms with Crippen molar-refractivity contribution in [1.29, 1.82) is 0 Å². The quantitative estimate of drug-likeness (QED) is 0.783. The molecule has 1 N–H and O–H groups in total. The molecule has 0 bridgehead atoms. The highest BCUT2D eigenvalue weighted by Crippen LogP contribution is 2.16. The van der Waals surface area contributed by atoms with Crippen molar-refractivity contribution in [1.82, 2.24) is 5.32 Å². The van der Waals surface area contributed by atoms with Crippen LogP contribution in [0.4, 0.5) is 8.78 Å². The third-order valence-corrected chi connectivity index (χ3v) is 3.21. The van der Waals surface area contributed by atoms with E-state index in [4.69, 9.17) is 4.74 Å². The lowest BCUT2D eigenvalue weighted by Crippen LogP contribution is -2.35. The van der Waals surface area contributed by atoms with E-state index in [0.29, 0.717) is 6.42 Å². The van der Waals surface area contributed by atoms with Gasteiger partial charge in [0.25, 0.3) is 0 Å². The van der Waals surface area contributed by atoms with Crippen LogP contribution in [0.15, 0.2) is 18.2 Å². The molecule has 1 aromatic carbocycles. The number of methoxy groups -OCH3 is 1. The lowest BCUT2D eigenvalue weighted by Gasteiger charge is -2.22. The average Bonchev–Trinajstić information content (AvgIpc) is 2.39. The predicted octanol–water partition coefficient (Wildman–Crippen LogP) is 3.30. The van der Waals surface area contributed by atoms with E-state index in [-0.39, 0.29) is 17.7 Å². The maximum atomic E-state index is 13.7. The third-order valence-electron chi connectivity index (χ3n) is 3.21. The van der Waals surface area contributed by atoms with Gasteiger partial charge in [0, 0.05) is 18.7 Å². The Morgan fingerprint density at radius 1 is 1.26 bits per heavy atom. The summed E-state index contributed by atoms with van der Waals surface area (Å²) < 4.78 is 32.5. The number of hydrogen-bond acceptors (Lipinski definition) is 2. The standard InChI is InChI=1S/C15H23F2NO/c1-4-8-18-12(9-11(2)19-3)10-13-14(16)6-5-7-15(13)17/h5-7,11-12,18H,4,8-10H2,1-3H3. The van der Waals surface area contributed by atoms with Gasteiger partial charge in [0.2, 0.25) is 0 Å². The normalized spacial score (nSPS) is 14.4. The molecule has 1 rings (SSSR count). The second-order valence-electron chi connectivity index (χ2n) is 4.84. The Balaban J connectivity index is 2.75. The van der Waals surface area contributed by atoms with Crippen LogP contribution in [0.5, 0.6) is 0 Å². The topological polar surface area (TPSA) is 21.3 Å². The maximum absolute atomic E-state index is 13.7. The van der Waals surface area contributed by atoms with E-state index in [0.717, 1.165) is 19.4 Å². The fraction of sp³-hybridized carbons (Fsp3) is 0.600. The zero-order valence-electron chi connectivity index (χ0n) is 11.9. The molecule has 0 aliphatic rings. The first-order valence-corrected chi connectivity index (χ1v) is 6.77. The minimum Gasteiger partial charge on any atom is -0.382 e. The van der Waals surface area contributed by atoms with Crippen molar-refractivity contribution in [2.24, 2.45) is 0 Å². The minimum atomic E-state index is -0.478. The van der Waals surface area contributed by atoms with Gasteiger partial charge in [-0.15, -0.1) is 0 Å². The smallest absolute Gasteiger partial charge is 0.129 e. The summed E-state index contributed by atoms with van der Waals surface area (Å²) in [5, 5.41) is 3.32. The number of benzene rings is 1. The van der Waals surface area contributed by atoms with Crippen LogP contribution in [0.25, 0.3) is 0 Å². The Labute approximate surface area is 114 Å². The summed E-state index contributed by atoms with van der Waals surface area (Å²) in [6, 6.07) is 4.01. The van der Waals surface area contributed by atoms with Crippen molar-refractivity contribution >= 4 is 0 Å². The van der Waals surface area contributed by atoms with Gasteiger partial charge in [-0.05, 0) is 44.9 Å². The highest BCUT2D eigenvalue weighted by Gasteiger charge is 2.17. The lowest BCUT2D eigenvalue weighted by molar-refractivity contribution is 0.100. The third kappa shape index (κ3) is 5.25. The number of nitrogens with one attached hydrogen (secondary N) is 1. The molecule has 2 nitrogen and oxygen atoms in total. The van der Waals surface area contributed by atoms with Crippen LogP contribution in [0, 0.1) is 11.6 Å². The molecule has 0 saturated carbocycles. The Bertz CT molecular complexity index is 364. The Hall–Kier alpha value is -1.00. The largest absolute Gasteiger partial charge is 0.382 e. The lowest BCUT2D eigenvalue weighted by atomic mass is 10.00. The van der Waals surface area contributed by atoms with Gasteiger partial charge in [-0.1, -0.05) is 13.0 Å². The predicted molar refractivity (Wildman–Crippen MR) is 73.2 cm³/mol. The molecule has 0 heterocycles. The van der Waals surface area contributed by atoms with Crippen LogP contribution >= 0.6 is 0 Å². The van der Waals surface area contributed by atoms with Crippen molar-refractivity contribution in [3.8, 4) is 0 Å². The second kappa shape index (κ2) is 8.23. The van der Waals surface area contributed by atoms with E-state index < -0.39 is 11.6 Å². The van der Waals surface area contributed by atoms with Crippen molar-refractivity contribution in [3.63, 3.8) is 0 Å². The van der Waals surface area contributed by atoms with Gasteiger partial charge in [-0.3, -0.25) is 0 Å². The van der Waals surface area contributed by atoms with Crippen LogP contribution < -0.4 is 5.32 Å². The minimum absolute atomic E-state index is 0.0151. The highest BCUT2D eigenvalue weighted by molar-refractivity contribution is 5.20. The zero-order chi connectivity index (χ0) is 14.3. The SMILES string of the molecule is CCCNC(Cc1c(F)cccc1F)CC(C)OC. The summed E-state index contributed by atoms with van der Waals surface area (Å²) in [5.74, 6) is -0.957. The van der Waals surface area contributed by atoms with Crippen molar-refractivity contribution in [3.05, 3.63) is 35.4 Å². The fourth-order valence-electron chi connectivity index (χ4n) is 2.06. The Kier molecular flexibility index (Phi) is 6.95. The van der Waals surface area contributed by atoms with E-state index in [9.17, 15) is 8.78 Å². The maximum Gasteiger partial charge on any atom is 0.129 e. The van der Waals surface area contributed by atoms with Gasteiger partial charge in [0.1, 0.15) is 11.6 Å². The summed E-state index contributed by atoms with van der Waals surface area (Å²) in [4.78, 5) is 0. The van der Waals surface area contributed by atoms with Gasteiger partial charge >= 0.3 is 0 Å². The summed E-state index contributed by atoms with van der Waals surface area (Å²) in [7, 11) is 1.64. The molecule has 0 amide bonds. The molecule has 2 atom stereocenters. The monoisotopic (exact) mass is 271 g/mol. The van der Waals surface area contributed by atoms with E-state index in [1.807, 2.05) is 6.92 Å². The van der Waals surface area contributed by atoms with Crippen molar-refractivity contribution in [2.45, 2.75) is 45.3 Å². The summed E-state index contributed by atoms with van der Waals surface area (Å²) in [5.41, 5.74) is 0.152. The second-order valence-corrected chi connectivity index (χ2v) is 4.84. The molecule has 0 fully saturated rings. The molecule has 2 unspecified atom stereocenters. The highest BCUT2D eigenvalue weighted by atomic mass is 19.1. The first-order chi connectivity index (χ1) is 9.08. The number of rotatable bonds is 8. The fourth-order valence-corrected chi connectivity index (χ4v) is 2.06. The van der Waals surface area contributed by atoms with Gasteiger partial charge in [-0.25, -0.2) is 8.78 Å². The molecular weight excluding hydrogens is 248 g/mol. The summed E-state index contributed by atoms with van der Waals surface area (Å²) in [6.07, 6.45) is 2.11. The van der Waals surface area contributed by atoms with Crippen LogP contribution in [0.3, 0.4) is 0 Å². The summed E-state index contributed by atoms with van der Waals surface area (Å²) >= 11 is 0. The van der Waals surface area contributed by atoms with Crippen LogP contribution in [0.1, 0.15) is 32.3 Å². The molecule has 0 radical (unpaired) electrons. The van der Waals surface area contributed by atoms with E-state index in [1.54, 1.807) is 7.11 Å². The molecule has 0 spiro atoms. The summed E-state index contributed by atoms with van der Waals surface area (Å²) in [6.45, 7) is 4.85. The number of hydrogen-bond donors (Lipinski definition) is 1. The molecule has 4 heteroatoms. The van der Waals surface area contributed by atoms with Crippen LogP contribution in [-0.2, 0) is 11.2 Å². The first-order valence-electron chi connectivity index (χ1n) is 6.77. The van der Waals surface area contributed by atoms with Gasteiger partial charge in [0.15, 0.2) is 0 Å². The molecule has 19 heavy (non-hydrogen) atoms. The van der Waals surface area contributed by atoms with Gasteiger partial charge in [-0.2, -0.15) is 0 Å². The van der Waals surface area contributed by atoms with E-state index >= 15 is 0 Å². The number of halogens is 2. The van der Waals surface area contributed by atoms with E-state index in [1.165, 1.54) is 18.2 Å². The molecule has 0 aliphatic heterocycles. The van der Waals surface area contributed by atoms with Gasteiger partial charge in [0.05, 0.1) is 6.10 Å². The van der Waals surface area contributed by atoms with Crippen LogP contribution in [-0.4, -0.2) is 25.8 Å². The van der Waals surface area contributed by atoms with E-state index in [2.05, 4.69) is 12.2 Å². The molecule has 108 valence electrons. The Morgan fingerprint density at radius 3 is 2.42 bits per heavy atom. The molecular formula is C15H23F2NO. The van der Waals surface area contributed by atoms with Crippen molar-refractivity contribution in [2.75, 3.05) is 13.7 Å². The molecule has 0 saturated heterocycles. The van der Waals surface area contributed by atoms with Crippen LogP contribution in [0.2, 0.25) is 0 Å². The molecule has 0 aliphatic carbocycles. The number of ether oxygens (including phenoxy) is 1. The Morgan fingerprint density at radius 2 is 1.89 bits per heavy atom. The zero-order valence-corrected chi connectivity index (χ0v) is 11.9. The van der Waals surface area contributed by atoms with Crippen molar-refractivity contribution < 1.29 is 13.5 Å². The first kappa shape index (κ1) is 16.1. The average molecular weight is 271 g/mol.